The molecule has 0 spiro atoms. The molecule has 1 rings (SSSR count). The first-order valence-electron chi connectivity index (χ1n) is 3.49. The van der Waals surface area contributed by atoms with Crippen molar-refractivity contribution in [2.75, 3.05) is 31.8 Å². The van der Waals surface area contributed by atoms with Crippen molar-refractivity contribution in [3.8, 4) is 5.88 Å². The fraction of sp³-hybridized carbons (Fsp3) is 0.429. The Morgan fingerprint density at radius 2 is 2.17 bits per heavy atom. The predicted molar refractivity (Wildman–Crippen MR) is 47.3 cm³/mol. The van der Waals surface area contributed by atoms with Crippen molar-refractivity contribution in [2.24, 2.45) is 0 Å². The van der Waals surface area contributed by atoms with Crippen LogP contribution < -0.4 is 15.4 Å². The van der Waals surface area contributed by atoms with Crippen LogP contribution in [0.4, 0.5) is 11.6 Å². The Hall–Kier alpha value is -1.52. The van der Waals surface area contributed by atoms with Gasteiger partial charge in [-0.1, -0.05) is 0 Å². The van der Waals surface area contributed by atoms with Crippen LogP contribution in [0.5, 0.6) is 5.88 Å². The highest BCUT2D eigenvalue weighted by molar-refractivity contribution is 5.49. The number of nitrogen functional groups attached to an aromatic ring is 1. The average Bonchev–Trinajstić information content (AvgIpc) is 2.03. The number of hydrogen-bond acceptors (Lipinski definition) is 5. The summed E-state index contributed by atoms with van der Waals surface area (Å²) in [6, 6.07) is 0. The zero-order valence-electron chi connectivity index (χ0n) is 7.40. The molecule has 1 aromatic rings. The van der Waals surface area contributed by atoms with Gasteiger partial charge in [-0.2, -0.15) is 4.98 Å². The minimum atomic E-state index is 0.359. The van der Waals surface area contributed by atoms with E-state index in [9.17, 15) is 0 Å². The molecule has 0 unspecified atom stereocenters. The van der Waals surface area contributed by atoms with E-state index in [-0.39, 0.29) is 0 Å². The summed E-state index contributed by atoms with van der Waals surface area (Å²) in [4.78, 5) is 9.84. The summed E-state index contributed by atoms with van der Waals surface area (Å²) in [5, 5.41) is 0. The molecule has 0 fully saturated rings. The highest BCUT2D eigenvalue weighted by Crippen LogP contribution is 2.21. The lowest BCUT2D eigenvalue weighted by Gasteiger charge is -2.13. The van der Waals surface area contributed by atoms with Crippen molar-refractivity contribution in [3.05, 3.63) is 6.20 Å². The summed E-state index contributed by atoms with van der Waals surface area (Å²) >= 11 is 0. The van der Waals surface area contributed by atoms with Crippen LogP contribution in [0.15, 0.2) is 6.20 Å². The van der Waals surface area contributed by atoms with E-state index in [4.69, 9.17) is 10.5 Å². The number of anilines is 2. The number of nitrogens with zero attached hydrogens (tertiary/aromatic N) is 3. The molecule has 0 radical (unpaired) electrons. The van der Waals surface area contributed by atoms with Crippen molar-refractivity contribution >= 4 is 11.6 Å². The lowest BCUT2D eigenvalue weighted by molar-refractivity contribution is 0.397. The number of hydrogen-bond donors (Lipinski definition) is 1. The van der Waals surface area contributed by atoms with Gasteiger partial charge >= 0.3 is 0 Å². The van der Waals surface area contributed by atoms with Gasteiger partial charge in [-0.15, -0.1) is 0 Å². The minimum absolute atomic E-state index is 0.359. The summed E-state index contributed by atoms with van der Waals surface area (Å²) in [7, 11) is 5.27. The number of methoxy groups -OCH3 is 1. The van der Waals surface area contributed by atoms with E-state index in [0.717, 1.165) is 0 Å². The second-order valence-electron chi connectivity index (χ2n) is 2.52. The summed E-state index contributed by atoms with van der Waals surface area (Å²) in [5.41, 5.74) is 5.43. The highest BCUT2D eigenvalue weighted by Gasteiger charge is 2.07. The molecule has 66 valence electrons. The largest absolute Gasteiger partial charge is 0.478 e. The fourth-order valence-electron chi connectivity index (χ4n) is 0.822. The third-order valence-corrected chi connectivity index (χ3v) is 1.36. The molecule has 0 atom stereocenters. The molecular weight excluding hydrogens is 156 g/mol. The topological polar surface area (TPSA) is 64.3 Å². The van der Waals surface area contributed by atoms with Crippen LogP contribution in [-0.2, 0) is 0 Å². The van der Waals surface area contributed by atoms with E-state index in [1.807, 2.05) is 19.0 Å². The Kier molecular flexibility index (Phi) is 2.32. The second-order valence-corrected chi connectivity index (χ2v) is 2.52. The van der Waals surface area contributed by atoms with E-state index < -0.39 is 0 Å². The Morgan fingerprint density at radius 1 is 1.50 bits per heavy atom. The maximum absolute atomic E-state index is 5.43. The van der Waals surface area contributed by atoms with Gasteiger partial charge in [-0.05, 0) is 0 Å². The van der Waals surface area contributed by atoms with Crippen LogP contribution in [-0.4, -0.2) is 31.2 Å². The summed E-state index contributed by atoms with van der Waals surface area (Å²) in [5.74, 6) is 1.48. The van der Waals surface area contributed by atoms with Gasteiger partial charge in [0.25, 0.3) is 5.88 Å². The highest BCUT2D eigenvalue weighted by atomic mass is 16.5. The molecule has 12 heavy (non-hydrogen) atoms. The zero-order chi connectivity index (χ0) is 9.14. The van der Waals surface area contributed by atoms with Gasteiger partial charge in [-0.25, -0.2) is 4.98 Å². The normalized spacial score (nSPS) is 9.58. The van der Waals surface area contributed by atoms with Crippen LogP contribution in [0, 0.1) is 0 Å². The molecule has 0 aliphatic carbocycles. The number of rotatable bonds is 2. The Balaban J connectivity index is 3.11. The molecule has 0 aromatic carbocycles. The van der Waals surface area contributed by atoms with Crippen LogP contribution in [0.2, 0.25) is 0 Å². The maximum atomic E-state index is 5.43. The molecule has 2 N–H and O–H groups in total. The molecule has 0 aliphatic rings. The lowest BCUT2D eigenvalue weighted by atomic mass is 10.5. The van der Waals surface area contributed by atoms with Crippen LogP contribution >= 0.6 is 0 Å². The maximum Gasteiger partial charge on any atom is 0.259 e. The van der Waals surface area contributed by atoms with Gasteiger partial charge in [0.1, 0.15) is 5.82 Å². The quantitative estimate of drug-likeness (QED) is 0.680. The van der Waals surface area contributed by atoms with Crippen molar-refractivity contribution < 1.29 is 4.74 Å². The van der Waals surface area contributed by atoms with E-state index in [0.29, 0.717) is 17.5 Å². The van der Waals surface area contributed by atoms with E-state index in [2.05, 4.69) is 9.97 Å². The smallest absolute Gasteiger partial charge is 0.259 e. The van der Waals surface area contributed by atoms with Gasteiger partial charge in [0.15, 0.2) is 5.82 Å². The third-order valence-electron chi connectivity index (χ3n) is 1.36. The monoisotopic (exact) mass is 168 g/mol. The molecule has 0 bridgehead atoms. The van der Waals surface area contributed by atoms with Gasteiger partial charge < -0.3 is 15.4 Å². The molecule has 1 aromatic heterocycles. The number of nitrogens with two attached hydrogens (primary N) is 1. The van der Waals surface area contributed by atoms with Crippen molar-refractivity contribution in [1.82, 2.24) is 9.97 Å². The summed E-state index contributed by atoms with van der Waals surface area (Å²) in [6.07, 6.45) is 1.50. The van der Waals surface area contributed by atoms with Crippen molar-refractivity contribution in [3.63, 3.8) is 0 Å². The lowest BCUT2D eigenvalue weighted by Crippen LogP contribution is -2.13. The van der Waals surface area contributed by atoms with Gasteiger partial charge in [0.2, 0.25) is 0 Å². The molecule has 0 saturated carbocycles. The van der Waals surface area contributed by atoms with Crippen molar-refractivity contribution in [1.29, 1.82) is 0 Å². The van der Waals surface area contributed by atoms with Crippen molar-refractivity contribution in [2.45, 2.75) is 0 Å². The first-order chi connectivity index (χ1) is 5.65. The SMILES string of the molecule is COc1nc(N)cnc1N(C)C. The molecule has 5 nitrogen and oxygen atoms in total. The predicted octanol–water partition coefficient (Wildman–Crippen LogP) is 0.133. The number of aromatic nitrogens is 2. The van der Waals surface area contributed by atoms with Crippen LogP contribution in [0.25, 0.3) is 0 Å². The van der Waals surface area contributed by atoms with Gasteiger partial charge in [0, 0.05) is 14.1 Å². The number of ether oxygens (including phenoxy) is 1. The third kappa shape index (κ3) is 1.55. The summed E-state index contributed by atoms with van der Waals surface area (Å²) in [6.45, 7) is 0. The first kappa shape index (κ1) is 8.58. The standard InChI is InChI=1S/C7H12N4O/c1-11(2)6-7(12-3)10-5(8)4-9-6/h4H,1-3H3,(H2,8,10). The minimum Gasteiger partial charge on any atom is -0.478 e. The van der Waals surface area contributed by atoms with E-state index >= 15 is 0 Å². The second kappa shape index (κ2) is 3.25. The van der Waals surface area contributed by atoms with E-state index in [1.54, 1.807) is 0 Å². The zero-order valence-corrected chi connectivity index (χ0v) is 7.40. The molecule has 5 heteroatoms. The molecule has 0 aliphatic heterocycles. The first-order valence-corrected chi connectivity index (χ1v) is 3.49. The Bertz CT molecular complexity index is 274. The van der Waals surface area contributed by atoms with Gasteiger partial charge in [-0.3, -0.25) is 0 Å². The fourth-order valence-corrected chi connectivity index (χ4v) is 0.822. The Morgan fingerprint density at radius 3 is 2.67 bits per heavy atom. The van der Waals surface area contributed by atoms with Crippen LogP contribution in [0.1, 0.15) is 0 Å². The van der Waals surface area contributed by atoms with Gasteiger partial charge in [0.05, 0.1) is 13.3 Å². The molecule has 1 heterocycles. The summed E-state index contributed by atoms with van der Waals surface area (Å²) < 4.78 is 4.99. The molecule has 0 saturated heterocycles. The average molecular weight is 168 g/mol. The molecule has 0 amide bonds. The Labute approximate surface area is 71.2 Å². The van der Waals surface area contributed by atoms with E-state index in [1.165, 1.54) is 13.3 Å². The van der Waals surface area contributed by atoms with Crippen LogP contribution in [0.3, 0.4) is 0 Å². The molecular formula is C7H12N4O.